The molecule has 0 atom stereocenters. The Labute approximate surface area is 243 Å². The van der Waals surface area contributed by atoms with Gasteiger partial charge in [-0.3, -0.25) is 14.4 Å². The number of benzene rings is 2. The number of aromatic nitrogens is 2. The molecule has 0 radical (unpaired) electrons. The first-order valence-corrected chi connectivity index (χ1v) is 14.8. The maximum atomic E-state index is 12.2. The van der Waals surface area contributed by atoms with Crippen LogP contribution < -0.4 is 10.9 Å². The lowest BCUT2D eigenvalue weighted by molar-refractivity contribution is -0.105. The van der Waals surface area contributed by atoms with Gasteiger partial charge in [0, 0.05) is 22.9 Å². The molecule has 0 saturated carbocycles. The fourth-order valence-electron chi connectivity index (χ4n) is 2.90. The lowest BCUT2D eigenvalue weighted by atomic mass is 10.1. The van der Waals surface area contributed by atoms with Gasteiger partial charge in [-0.15, -0.1) is 0 Å². The molecular weight excluding hydrogens is 498 g/mol. The van der Waals surface area contributed by atoms with Crippen LogP contribution in [0, 0.1) is 5.92 Å². The number of Topliss-reactive ketones (excluding diaryl/α,β-unsaturated/α-hetero) is 1. The van der Waals surface area contributed by atoms with Gasteiger partial charge in [-0.25, -0.2) is 4.68 Å². The van der Waals surface area contributed by atoms with E-state index in [1.54, 1.807) is 42.5 Å². The Morgan fingerprint density at radius 2 is 1.50 bits per heavy atom. The molecule has 2 aromatic carbocycles. The van der Waals surface area contributed by atoms with Crippen molar-refractivity contribution in [3.63, 3.8) is 0 Å². The van der Waals surface area contributed by atoms with Gasteiger partial charge in [-0.1, -0.05) is 118 Å². The predicted octanol–water partition coefficient (Wildman–Crippen LogP) is 9.03. The van der Waals surface area contributed by atoms with E-state index >= 15 is 0 Å². The molecule has 6 nitrogen and oxygen atoms in total. The Morgan fingerprint density at radius 3 is 2.00 bits per heavy atom. The number of amides is 1. The van der Waals surface area contributed by atoms with Crippen LogP contribution in [0.1, 0.15) is 111 Å². The van der Waals surface area contributed by atoms with E-state index in [0.717, 1.165) is 17.0 Å². The van der Waals surface area contributed by atoms with Gasteiger partial charge in [-0.05, 0) is 42.7 Å². The first-order chi connectivity index (χ1) is 19.3. The molecule has 40 heavy (non-hydrogen) atoms. The molecule has 0 bridgehead atoms. The molecule has 3 aromatic rings. The van der Waals surface area contributed by atoms with E-state index in [1.165, 1.54) is 43.4 Å². The third-order valence-corrected chi connectivity index (χ3v) is 5.81. The average Bonchev–Trinajstić information content (AvgIpc) is 3.00. The summed E-state index contributed by atoms with van der Waals surface area (Å²) in [6, 6.07) is 17.4. The maximum absolute atomic E-state index is 12.2. The number of nitrogens with one attached hydrogen (secondary N) is 1. The fraction of sp³-hybridized carbons (Fsp3) is 0.471. The quantitative estimate of drug-likeness (QED) is 0.212. The van der Waals surface area contributed by atoms with Crippen molar-refractivity contribution in [1.29, 1.82) is 0 Å². The highest BCUT2D eigenvalue weighted by atomic mass is 16.1. The van der Waals surface area contributed by atoms with Crippen LogP contribution in [0.2, 0.25) is 0 Å². The third kappa shape index (κ3) is 15.8. The second-order valence-corrected chi connectivity index (χ2v) is 8.74. The van der Waals surface area contributed by atoms with Crippen molar-refractivity contribution >= 4 is 17.9 Å². The van der Waals surface area contributed by atoms with Crippen LogP contribution in [0.25, 0.3) is 11.3 Å². The summed E-state index contributed by atoms with van der Waals surface area (Å²) in [5, 5.41) is 7.00. The summed E-state index contributed by atoms with van der Waals surface area (Å²) in [6.45, 7) is 20.9. The molecule has 1 amide bonds. The van der Waals surface area contributed by atoms with Crippen molar-refractivity contribution in [2.45, 2.75) is 101 Å². The Kier molecular flexibility index (Phi) is 23.6. The third-order valence-electron chi connectivity index (χ3n) is 5.81. The number of unbranched alkanes of at least 4 members (excludes halogenated alkanes) is 1. The van der Waals surface area contributed by atoms with Crippen molar-refractivity contribution < 1.29 is 9.59 Å². The molecule has 0 saturated heterocycles. The molecule has 1 heterocycles. The van der Waals surface area contributed by atoms with Crippen molar-refractivity contribution in [2.75, 3.05) is 5.32 Å². The van der Waals surface area contributed by atoms with Crippen molar-refractivity contribution in [3.8, 4) is 11.3 Å². The molecule has 0 aliphatic rings. The highest BCUT2D eigenvalue weighted by Gasteiger charge is 2.07. The van der Waals surface area contributed by atoms with Gasteiger partial charge >= 0.3 is 0 Å². The van der Waals surface area contributed by atoms with Crippen LogP contribution >= 0.6 is 0 Å². The lowest BCUT2D eigenvalue weighted by Crippen LogP contribution is -2.22. The van der Waals surface area contributed by atoms with Gasteiger partial charge in [0.15, 0.2) is 5.78 Å². The smallest absolute Gasteiger partial charge is 0.267 e. The van der Waals surface area contributed by atoms with Crippen molar-refractivity contribution in [2.24, 2.45) is 5.92 Å². The second-order valence-electron chi connectivity index (χ2n) is 8.74. The van der Waals surface area contributed by atoms with Crippen molar-refractivity contribution in [3.05, 3.63) is 82.1 Å². The van der Waals surface area contributed by atoms with Crippen LogP contribution in [-0.2, 0) is 11.3 Å². The molecule has 6 heteroatoms. The van der Waals surface area contributed by atoms with E-state index in [4.69, 9.17) is 0 Å². The first kappa shape index (κ1) is 38.6. The average molecular weight is 552 g/mol. The highest BCUT2D eigenvalue weighted by Crippen LogP contribution is 2.18. The molecule has 0 aliphatic heterocycles. The van der Waals surface area contributed by atoms with Gasteiger partial charge in [-0.2, -0.15) is 5.10 Å². The van der Waals surface area contributed by atoms with Gasteiger partial charge < -0.3 is 5.32 Å². The monoisotopic (exact) mass is 551 g/mol. The number of ketones is 1. The molecule has 0 unspecified atom stereocenters. The maximum Gasteiger partial charge on any atom is 0.267 e. The van der Waals surface area contributed by atoms with E-state index < -0.39 is 0 Å². The van der Waals surface area contributed by atoms with Gasteiger partial charge in [0.2, 0.25) is 6.41 Å². The summed E-state index contributed by atoms with van der Waals surface area (Å²) in [5.41, 5.74) is 3.22. The minimum absolute atomic E-state index is 0.0281. The zero-order valence-corrected chi connectivity index (χ0v) is 26.6. The number of anilines is 1. The number of rotatable bonds is 9. The molecule has 222 valence electrons. The van der Waals surface area contributed by atoms with Crippen molar-refractivity contribution in [1.82, 2.24) is 9.78 Å². The fourth-order valence-corrected chi connectivity index (χ4v) is 2.90. The summed E-state index contributed by atoms with van der Waals surface area (Å²) in [4.78, 5) is 34.3. The van der Waals surface area contributed by atoms with E-state index in [9.17, 15) is 14.4 Å². The number of hydrogen-bond acceptors (Lipinski definition) is 4. The molecule has 0 spiro atoms. The number of hydrogen-bond donors (Lipinski definition) is 1. The van der Waals surface area contributed by atoms with E-state index in [1.807, 2.05) is 39.8 Å². The minimum atomic E-state index is -0.231. The minimum Gasteiger partial charge on any atom is -0.329 e. The molecule has 0 fully saturated rings. The SMILES string of the molecule is CC.CC.CC(=O)c1cccc(-c2ccc(=O)n(Cc3cccc(NC=O)c3)n2)c1.CCC(C)CC.CCCC. The lowest BCUT2D eigenvalue weighted by Gasteiger charge is -2.09. The first-order valence-electron chi connectivity index (χ1n) is 14.8. The topological polar surface area (TPSA) is 81.1 Å². The Hall–Kier alpha value is -3.54. The molecule has 3 rings (SSSR count). The normalized spacial score (nSPS) is 9.28. The Bertz CT molecular complexity index is 1130. The van der Waals surface area contributed by atoms with Gasteiger partial charge in [0.25, 0.3) is 5.56 Å². The molecule has 0 aliphatic carbocycles. The van der Waals surface area contributed by atoms with E-state index in [2.05, 4.69) is 45.0 Å². The number of carbonyl (C=O) groups is 2. The van der Waals surface area contributed by atoms with E-state index in [0.29, 0.717) is 23.4 Å². The van der Waals surface area contributed by atoms with Crippen LogP contribution in [0.3, 0.4) is 0 Å². The van der Waals surface area contributed by atoms with Crippen LogP contribution in [0.5, 0.6) is 0 Å². The molecule has 1 aromatic heterocycles. The Morgan fingerprint density at radius 1 is 0.900 bits per heavy atom. The zero-order chi connectivity index (χ0) is 30.9. The standard InChI is InChI=1S/C20H17N3O3.C6H14.C4H10.2C2H6/c1-14(25)16-5-3-6-17(11-16)19-8-9-20(26)23(22-19)12-15-4-2-7-18(10-15)21-13-24;1-4-6(3)5-2;1-3-4-2;2*1-2/h2-11,13H,12H2,1H3,(H,21,24);6H,4-5H2,1-3H3;3-4H2,1-2H3;2*1-2H3. The van der Waals surface area contributed by atoms with Crippen LogP contribution in [0.15, 0.2) is 65.5 Å². The van der Waals surface area contributed by atoms with E-state index in [-0.39, 0.29) is 17.9 Å². The zero-order valence-electron chi connectivity index (χ0n) is 26.6. The van der Waals surface area contributed by atoms with Gasteiger partial charge in [0.1, 0.15) is 0 Å². The van der Waals surface area contributed by atoms with Gasteiger partial charge in [0.05, 0.1) is 12.2 Å². The van der Waals surface area contributed by atoms with Crippen LogP contribution in [-0.4, -0.2) is 22.0 Å². The van der Waals surface area contributed by atoms with Crippen LogP contribution in [0.4, 0.5) is 5.69 Å². The Balaban J connectivity index is 0. The molecular formula is C34H53N3O3. The predicted molar refractivity (Wildman–Crippen MR) is 172 cm³/mol. The summed E-state index contributed by atoms with van der Waals surface area (Å²) in [5.74, 6) is 0.907. The highest BCUT2D eigenvalue weighted by molar-refractivity contribution is 5.95. The largest absolute Gasteiger partial charge is 0.329 e. The second kappa shape index (κ2) is 24.5. The summed E-state index contributed by atoms with van der Waals surface area (Å²) in [6.07, 6.45) is 5.90. The summed E-state index contributed by atoms with van der Waals surface area (Å²) in [7, 11) is 0. The number of nitrogens with zero attached hydrogens (tertiary/aromatic N) is 2. The summed E-state index contributed by atoms with van der Waals surface area (Å²) < 4.78 is 1.36. The molecule has 1 N–H and O–H groups in total. The number of carbonyl (C=O) groups excluding carboxylic acids is 2. The summed E-state index contributed by atoms with van der Waals surface area (Å²) >= 11 is 0.